The molecule has 0 saturated carbocycles. The third-order valence-electron chi connectivity index (χ3n) is 3.26. The number of nitrogens with one attached hydrogen (secondary N) is 2. The van der Waals surface area contributed by atoms with E-state index in [-0.39, 0.29) is 0 Å². The first-order valence-corrected chi connectivity index (χ1v) is 7.06. The highest BCUT2D eigenvalue weighted by Gasteiger charge is 2.25. The zero-order valence-electron chi connectivity index (χ0n) is 9.96. The Labute approximate surface area is 102 Å². The summed E-state index contributed by atoms with van der Waals surface area (Å²) in [6.07, 6.45) is 5.02. The zero-order valence-corrected chi connectivity index (χ0v) is 10.8. The molecule has 1 aliphatic rings. The molecule has 1 aromatic rings. The number of piperidine rings is 1. The molecule has 2 rings (SSSR count). The second-order valence-corrected chi connectivity index (χ2v) is 5.57. The van der Waals surface area contributed by atoms with Crippen LogP contribution in [-0.2, 0) is 6.42 Å². The van der Waals surface area contributed by atoms with E-state index in [0.29, 0.717) is 5.54 Å². The van der Waals surface area contributed by atoms with Gasteiger partial charge in [0.2, 0.25) is 0 Å². The number of aromatic nitrogens is 1. The van der Waals surface area contributed by atoms with Crippen LogP contribution in [0.25, 0.3) is 0 Å². The minimum absolute atomic E-state index is 0.306. The molecule has 4 heteroatoms. The summed E-state index contributed by atoms with van der Waals surface area (Å²) in [6, 6.07) is 0. The van der Waals surface area contributed by atoms with E-state index in [1.54, 1.807) is 11.3 Å². The summed E-state index contributed by atoms with van der Waals surface area (Å²) in [5.41, 5.74) is 3.42. The third-order valence-corrected chi connectivity index (χ3v) is 3.90. The van der Waals surface area contributed by atoms with Crippen molar-refractivity contribution < 1.29 is 0 Å². The van der Waals surface area contributed by atoms with Crippen molar-refractivity contribution in [3.05, 3.63) is 16.6 Å². The van der Waals surface area contributed by atoms with Crippen molar-refractivity contribution in [2.75, 3.05) is 19.6 Å². The molecule has 0 aromatic carbocycles. The average molecular weight is 239 g/mol. The molecule has 90 valence electrons. The highest BCUT2D eigenvalue weighted by atomic mass is 32.1. The Bertz CT molecular complexity index is 291. The lowest BCUT2D eigenvalue weighted by Gasteiger charge is -2.35. The fraction of sp³-hybridized carbons (Fsp3) is 0.750. The van der Waals surface area contributed by atoms with E-state index in [9.17, 15) is 0 Å². The topological polar surface area (TPSA) is 37.0 Å². The van der Waals surface area contributed by atoms with Crippen molar-refractivity contribution in [3.8, 4) is 0 Å². The first-order chi connectivity index (χ1) is 7.79. The van der Waals surface area contributed by atoms with E-state index in [4.69, 9.17) is 0 Å². The maximum Gasteiger partial charge on any atom is 0.0794 e. The monoisotopic (exact) mass is 239 g/mol. The van der Waals surface area contributed by atoms with Crippen LogP contribution in [0.1, 0.15) is 31.9 Å². The van der Waals surface area contributed by atoms with Gasteiger partial charge in [0, 0.05) is 30.4 Å². The summed E-state index contributed by atoms with van der Waals surface area (Å²) >= 11 is 1.67. The van der Waals surface area contributed by atoms with E-state index in [1.165, 1.54) is 31.5 Å². The number of hydrogen-bond acceptors (Lipinski definition) is 4. The van der Waals surface area contributed by atoms with Gasteiger partial charge in [0.25, 0.3) is 0 Å². The highest BCUT2D eigenvalue weighted by molar-refractivity contribution is 7.07. The molecular formula is C12H21N3S. The standard InChI is InChI=1S/C12H21N3S/c1-12(5-2-3-6-15-12)9-13-7-4-11-8-16-10-14-11/h8,10,13,15H,2-7,9H2,1H3. The largest absolute Gasteiger partial charge is 0.315 e. The van der Waals surface area contributed by atoms with Crippen LogP contribution in [0.5, 0.6) is 0 Å². The number of nitrogens with zero attached hydrogens (tertiary/aromatic N) is 1. The van der Waals surface area contributed by atoms with Crippen molar-refractivity contribution in [1.29, 1.82) is 0 Å². The van der Waals surface area contributed by atoms with Gasteiger partial charge in [-0.25, -0.2) is 4.98 Å². The molecule has 1 aromatic heterocycles. The van der Waals surface area contributed by atoms with Crippen LogP contribution < -0.4 is 10.6 Å². The Balaban J connectivity index is 1.63. The molecular weight excluding hydrogens is 218 g/mol. The molecule has 3 nitrogen and oxygen atoms in total. The number of thiazole rings is 1. The number of rotatable bonds is 5. The zero-order chi connectivity index (χ0) is 11.3. The summed E-state index contributed by atoms with van der Waals surface area (Å²) in [5, 5.41) is 9.28. The molecule has 2 N–H and O–H groups in total. The lowest BCUT2D eigenvalue weighted by Crippen LogP contribution is -2.52. The summed E-state index contributed by atoms with van der Waals surface area (Å²) < 4.78 is 0. The van der Waals surface area contributed by atoms with Gasteiger partial charge in [0.05, 0.1) is 11.2 Å². The fourth-order valence-corrected chi connectivity index (χ4v) is 2.80. The van der Waals surface area contributed by atoms with E-state index in [1.807, 2.05) is 5.51 Å². The second-order valence-electron chi connectivity index (χ2n) is 4.85. The van der Waals surface area contributed by atoms with Gasteiger partial charge in [-0.05, 0) is 26.3 Å². The van der Waals surface area contributed by atoms with E-state index < -0.39 is 0 Å². The first kappa shape index (κ1) is 12.0. The van der Waals surface area contributed by atoms with Gasteiger partial charge in [0.15, 0.2) is 0 Å². The van der Waals surface area contributed by atoms with E-state index >= 15 is 0 Å². The lowest BCUT2D eigenvalue weighted by atomic mass is 9.91. The van der Waals surface area contributed by atoms with Crippen LogP contribution in [-0.4, -0.2) is 30.2 Å². The van der Waals surface area contributed by atoms with Crippen LogP contribution in [0, 0.1) is 0 Å². The molecule has 1 saturated heterocycles. The highest BCUT2D eigenvalue weighted by Crippen LogP contribution is 2.17. The van der Waals surface area contributed by atoms with Crippen molar-refractivity contribution in [2.24, 2.45) is 0 Å². The molecule has 0 bridgehead atoms. The molecule has 1 fully saturated rings. The Hall–Kier alpha value is -0.450. The molecule has 16 heavy (non-hydrogen) atoms. The van der Waals surface area contributed by atoms with Crippen LogP contribution in [0.3, 0.4) is 0 Å². The van der Waals surface area contributed by atoms with Crippen molar-refractivity contribution in [3.63, 3.8) is 0 Å². The Kier molecular flexibility index (Phi) is 4.32. The van der Waals surface area contributed by atoms with Gasteiger partial charge in [-0.1, -0.05) is 6.42 Å². The Morgan fingerprint density at radius 1 is 1.56 bits per heavy atom. The molecule has 0 aliphatic carbocycles. The van der Waals surface area contributed by atoms with Gasteiger partial charge in [-0.2, -0.15) is 0 Å². The third kappa shape index (κ3) is 3.54. The van der Waals surface area contributed by atoms with E-state index in [0.717, 1.165) is 19.5 Å². The van der Waals surface area contributed by atoms with Crippen molar-refractivity contribution >= 4 is 11.3 Å². The molecule has 1 atom stereocenters. The smallest absolute Gasteiger partial charge is 0.0794 e. The van der Waals surface area contributed by atoms with Gasteiger partial charge >= 0.3 is 0 Å². The molecule has 2 heterocycles. The SMILES string of the molecule is CC1(CNCCc2cscn2)CCCCN1. The average Bonchev–Trinajstić information content (AvgIpc) is 2.78. The summed E-state index contributed by atoms with van der Waals surface area (Å²) in [6.45, 7) is 5.59. The summed E-state index contributed by atoms with van der Waals surface area (Å²) in [7, 11) is 0. The second kappa shape index (κ2) is 5.75. The molecule has 1 aliphatic heterocycles. The van der Waals surface area contributed by atoms with Crippen LogP contribution in [0.15, 0.2) is 10.9 Å². The van der Waals surface area contributed by atoms with Gasteiger partial charge in [-0.15, -0.1) is 11.3 Å². The fourth-order valence-electron chi connectivity index (χ4n) is 2.21. The van der Waals surface area contributed by atoms with Crippen LogP contribution in [0.2, 0.25) is 0 Å². The summed E-state index contributed by atoms with van der Waals surface area (Å²) in [5.74, 6) is 0. The number of hydrogen-bond donors (Lipinski definition) is 2. The normalized spacial score (nSPS) is 25.8. The minimum Gasteiger partial charge on any atom is -0.315 e. The molecule has 0 spiro atoms. The molecule has 1 unspecified atom stereocenters. The van der Waals surface area contributed by atoms with Gasteiger partial charge in [-0.3, -0.25) is 0 Å². The lowest BCUT2D eigenvalue weighted by molar-refractivity contribution is 0.268. The quantitative estimate of drug-likeness (QED) is 0.770. The van der Waals surface area contributed by atoms with Crippen LogP contribution >= 0.6 is 11.3 Å². The van der Waals surface area contributed by atoms with Gasteiger partial charge in [0.1, 0.15) is 0 Å². The van der Waals surface area contributed by atoms with Crippen LogP contribution in [0.4, 0.5) is 0 Å². The van der Waals surface area contributed by atoms with Crippen molar-refractivity contribution in [2.45, 2.75) is 38.1 Å². The Morgan fingerprint density at radius 2 is 2.50 bits per heavy atom. The molecule has 0 radical (unpaired) electrons. The first-order valence-electron chi connectivity index (χ1n) is 6.11. The Morgan fingerprint density at radius 3 is 3.19 bits per heavy atom. The van der Waals surface area contributed by atoms with Gasteiger partial charge < -0.3 is 10.6 Å². The summed E-state index contributed by atoms with van der Waals surface area (Å²) in [4.78, 5) is 4.28. The predicted molar refractivity (Wildman–Crippen MR) is 68.9 cm³/mol. The minimum atomic E-state index is 0.306. The predicted octanol–water partition coefficient (Wildman–Crippen LogP) is 1.81. The van der Waals surface area contributed by atoms with E-state index in [2.05, 4.69) is 27.9 Å². The van der Waals surface area contributed by atoms with Crippen molar-refractivity contribution in [1.82, 2.24) is 15.6 Å². The maximum atomic E-state index is 4.28. The molecule has 0 amide bonds. The maximum absolute atomic E-state index is 4.28.